The maximum atomic E-state index is 12.6. The number of rotatable bonds is 4. The molecule has 0 saturated carbocycles. The number of nitrogens with zero attached hydrogens (tertiary/aromatic N) is 4. The van der Waals surface area contributed by atoms with E-state index >= 15 is 0 Å². The van der Waals surface area contributed by atoms with Crippen molar-refractivity contribution >= 4 is 29.6 Å². The molecule has 1 aromatic heterocycles. The lowest BCUT2D eigenvalue weighted by molar-refractivity contribution is -0.125. The number of hydrogen-bond donors (Lipinski definition) is 1. The quantitative estimate of drug-likeness (QED) is 0.779. The minimum atomic E-state index is -0.446. The van der Waals surface area contributed by atoms with E-state index in [0.29, 0.717) is 44.3 Å². The number of nitrogens with two attached hydrogens (primary N) is 1. The molecule has 0 radical (unpaired) electrons. The Morgan fingerprint density at radius 3 is 2.45 bits per heavy atom. The Balaban J connectivity index is 1.68. The summed E-state index contributed by atoms with van der Waals surface area (Å²) in [5.74, 6) is -0.113. The number of carbonyl (C=O) groups excluding carboxylic acids is 2. The second-order valence-corrected chi connectivity index (χ2v) is 7.63. The molecule has 0 unspecified atom stereocenters. The van der Waals surface area contributed by atoms with E-state index in [1.165, 1.54) is 11.6 Å². The Morgan fingerprint density at radius 1 is 1.10 bits per heavy atom. The van der Waals surface area contributed by atoms with Crippen LogP contribution in [0.25, 0.3) is 6.08 Å². The molecule has 154 valence electrons. The number of halogens is 1. The summed E-state index contributed by atoms with van der Waals surface area (Å²) >= 11 is 6.53. The van der Waals surface area contributed by atoms with Gasteiger partial charge in [0.05, 0.1) is 12.2 Å². The van der Waals surface area contributed by atoms with Crippen molar-refractivity contribution in [1.29, 1.82) is 0 Å². The molecule has 0 atom stereocenters. The van der Waals surface area contributed by atoms with Crippen molar-refractivity contribution in [3.8, 4) is 0 Å². The monoisotopic (exact) mass is 415 g/mol. The lowest BCUT2D eigenvalue weighted by Crippen LogP contribution is -2.39. The van der Waals surface area contributed by atoms with Gasteiger partial charge in [-0.3, -0.25) is 4.79 Å². The number of amides is 3. The van der Waals surface area contributed by atoms with Crippen LogP contribution in [-0.4, -0.2) is 57.7 Å². The topological polar surface area (TPSA) is 84.5 Å². The summed E-state index contributed by atoms with van der Waals surface area (Å²) in [6.45, 7) is 6.56. The Kier molecular flexibility index (Phi) is 6.59. The van der Waals surface area contributed by atoms with Crippen LogP contribution in [0.1, 0.15) is 28.8 Å². The summed E-state index contributed by atoms with van der Waals surface area (Å²) in [4.78, 5) is 27.2. The molecule has 2 aromatic rings. The molecule has 0 aliphatic carbocycles. The lowest BCUT2D eigenvalue weighted by Gasteiger charge is -2.19. The minimum absolute atomic E-state index is 0.113. The van der Waals surface area contributed by atoms with Crippen LogP contribution in [0.3, 0.4) is 0 Å². The van der Waals surface area contributed by atoms with Crippen molar-refractivity contribution in [3.05, 3.63) is 57.9 Å². The number of primary amides is 1. The van der Waals surface area contributed by atoms with Crippen molar-refractivity contribution in [2.24, 2.45) is 5.73 Å². The van der Waals surface area contributed by atoms with Crippen molar-refractivity contribution in [3.63, 3.8) is 0 Å². The molecular formula is C21H26ClN5O2. The molecule has 7 nitrogen and oxygen atoms in total. The highest BCUT2D eigenvalue weighted by molar-refractivity contribution is 6.31. The second kappa shape index (κ2) is 9.13. The molecule has 3 rings (SSSR count). The van der Waals surface area contributed by atoms with Gasteiger partial charge in [0.2, 0.25) is 5.91 Å². The Morgan fingerprint density at radius 2 is 1.76 bits per heavy atom. The summed E-state index contributed by atoms with van der Waals surface area (Å²) in [5.41, 5.74) is 9.15. The largest absolute Gasteiger partial charge is 0.351 e. The fourth-order valence-electron chi connectivity index (χ4n) is 3.35. The average Bonchev–Trinajstić information content (AvgIpc) is 2.87. The summed E-state index contributed by atoms with van der Waals surface area (Å²) < 4.78 is 1.74. The summed E-state index contributed by atoms with van der Waals surface area (Å²) in [6, 6.07) is 7.77. The highest BCUT2D eigenvalue weighted by atomic mass is 35.5. The normalized spacial score (nSPS) is 15.0. The van der Waals surface area contributed by atoms with Crippen molar-refractivity contribution in [2.75, 3.05) is 26.2 Å². The molecule has 1 fully saturated rings. The Hall–Kier alpha value is -2.80. The number of urea groups is 1. The van der Waals surface area contributed by atoms with Gasteiger partial charge in [-0.15, -0.1) is 0 Å². The van der Waals surface area contributed by atoms with E-state index in [1.807, 2.05) is 13.8 Å². The minimum Gasteiger partial charge on any atom is -0.351 e. The first-order valence-corrected chi connectivity index (χ1v) is 10.0. The van der Waals surface area contributed by atoms with E-state index in [2.05, 4.69) is 29.4 Å². The predicted molar refractivity (Wildman–Crippen MR) is 114 cm³/mol. The molecule has 1 aliphatic rings. The van der Waals surface area contributed by atoms with Gasteiger partial charge >= 0.3 is 6.03 Å². The molecule has 1 aromatic carbocycles. The van der Waals surface area contributed by atoms with E-state index in [0.717, 1.165) is 16.8 Å². The smallest absolute Gasteiger partial charge is 0.314 e. The van der Waals surface area contributed by atoms with Crippen molar-refractivity contribution in [1.82, 2.24) is 19.6 Å². The van der Waals surface area contributed by atoms with Crippen molar-refractivity contribution in [2.45, 2.75) is 26.8 Å². The zero-order valence-electron chi connectivity index (χ0n) is 16.8. The third-order valence-corrected chi connectivity index (χ3v) is 5.47. The van der Waals surface area contributed by atoms with Crippen LogP contribution in [0.15, 0.2) is 30.3 Å². The number of aromatic nitrogens is 2. The maximum Gasteiger partial charge on any atom is 0.314 e. The summed E-state index contributed by atoms with van der Waals surface area (Å²) in [6.07, 6.45) is 3.94. The number of hydrogen-bond acceptors (Lipinski definition) is 3. The average molecular weight is 416 g/mol. The standard InChI is InChI=1S/C21H26ClN5O2/c1-15-4-6-17(7-5-15)14-27-20(22)18(16(2)24-27)8-9-19(28)25-10-3-11-26(13-12-25)21(23)29/h4-9H,3,10-14H2,1-2H3,(H2,23,29). The number of carbonyl (C=O) groups is 2. The fourth-order valence-corrected chi connectivity index (χ4v) is 3.64. The number of benzene rings is 1. The first-order chi connectivity index (χ1) is 13.8. The molecule has 1 aliphatic heterocycles. The van der Waals surface area contributed by atoms with E-state index in [1.54, 1.807) is 20.6 Å². The van der Waals surface area contributed by atoms with E-state index in [4.69, 9.17) is 17.3 Å². The molecule has 2 N–H and O–H groups in total. The predicted octanol–water partition coefficient (Wildman–Crippen LogP) is 2.83. The SMILES string of the molecule is Cc1ccc(Cn2nc(C)c(C=CC(=O)N3CCCN(C(N)=O)CC3)c2Cl)cc1. The Bertz CT molecular complexity index is 920. The van der Waals surface area contributed by atoms with Crippen LogP contribution < -0.4 is 5.73 Å². The van der Waals surface area contributed by atoms with Crippen LogP contribution in [0.5, 0.6) is 0 Å². The molecule has 8 heteroatoms. The van der Waals surface area contributed by atoms with Gasteiger partial charge < -0.3 is 15.5 Å². The van der Waals surface area contributed by atoms with Gasteiger partial charge in [-0.25, -0.2) is 9.48 Å². The van der Waals surface area contributed by atoms with Gasteiger partial charge in [-0.05, 0) is 31.9 Å². The third-order valence-electron chi connectivity index (χ3n) is 5.07. The maximum absolute atomic E-state index is 12.6. The van der Waals surface area contributed by atoms with Crippen LogP contribution in [0, 0.1) is 13.8 Å². The molecule has 1 saturated heterocycles. The van der Waals surface area contributed by atoms with Gasteiger partial charge in [-0.2, -0.15) is 5.10 Å². The van der Waals surface area contributed by atoms with E-state index in [9.17, 15) is 9.59 Å². The van der Waals surface area contributed by atoms with Gasteiger partial charge in [-0.1, -0.05) is 41.4 Å². The van der Waals surface area contributed by atoms with E-state index < -0.39 is 6.03 Å². The lowest BCUT2D eigenvalue weighted by atomic mass is 10.1. The fraction of sp³-hybridized carbons (Fsp3) is 0.381. The third kappa shape index (κ3) is 5.17. The van der Waals surface area contributed by atoms with Crippen LogP contribution in [0.2, 0.25) is 5.15 Å². The first-order valence-electron chi connectivity index (χ1n) is 9.65. The molecular weight excluding hydrogens is 390 g/mol. The Labute approximate surface area is 175 Å². The highest BCUT2D eigenvalue weighted by Gasteiger charge is 2.19. The molecule has 29 heavy (non-hydrogen) atoms. The summed E-state index contributed by atoms with van der Waals surface area (Å²) in [7, 11) is 0. The highest BCUT2D eigenvalue weighted by Crippen LogP contribution is 2.22. The van der Waals surface area contributed by atoms with Crippen LogP contribution >= 0.6 is 11.6 Å². The molecule has 0 bridgehead atoms. The summed E-state index contributed by atoms with van der Waals surface area (Å²) in [5, 5.41) is 5.02. The van der Waals surface area contributed by atoms with Gasteiger partial charge in [0.25, 0.3) is 0 Å². The van der Waals surface area contributed by atoms with E-state index in [-0.39, 0.29) is 5.91 Å². The van der Waals surface area contributed by atoms with Crippen LogP contribution in [-0.2, 0) is 11.3 Å². The number of aryl methyl sites for hydroxylation is 2. The molecule has 0 spiro atoms. The zero-order valence-corrected chi connectivity index (χ0v) is 17.5. The molecule has 3 amide bonds. The first kappa shape index (κ1) is 20.9. The second-order valence-electron chi connectivity index (χ2n) is 7.27. The van der Waals surface area contributed by atoms with Gasteiger partial charge in [0.15, 0.2) is 0 Å². The van der Waals surface area contributed by atoms with Crippen molar-refractivity contribution < 1.29 is 9.59 Å². The van der Waals surface area contributed by atoms with Gasteiger partial charge in [0.1, 0.15) is 5.15 Å². The van der Waals surface area contributed by atoms with Gasteiger partial charge in [0, 0.05) is 37.8 Å². The zero-order chi connectivity index (χ0) is 21.0. The van der Waals surface area contributed by atoms with Crippen LogP contribution in [0.4, 0.5) is 4.79 Å². The molecule has 2 heterocycles.